The standard InChI is InChI=1S/C22H24N2O5S/c1-4-5-11-23-19(25)13-24-21(26)18(30-22(24)27)12-14-9-10-16(28-2)15-7-6-8-17(29-3)20(14)15/h6-10,12H,4-5,11,13H2,1-3H3,(H,23,25)/b18-12-. The Labute approximate surface area is 179 Å². The Morgan fingerprint density at radius 2 is 1.90 bits per heavy atom. The van der Waals surface area contributed by atoms with E-state index in [1.165, 1.54) is 0 Å². The highest BCUT2D eigenvalue weighted by Gasteiger charge is 2.36. The third-order valence-electron chi connectivity index (χ3n) is 4.75. The van der Waals surface area contributed by atoms with Gasteiger partial charge in [0.25, 0.3) is 11.1 Å². The number of fused-ring (bicyclic) bond motifs is 1. The summed E-state index contributed by atoms with van der Waals surface area (Å²) in [6.07, 6.45) is 3.45. The van der Waals surface area contributed by atoms with Gasteiger partial charge in [-0.2, -0.15) is 0 Å². The molecule has 8 heteroatoms. The molecule has 1 aliphatic heterocycles. The highest BCUT2D eigenvalue weighted by Crippen LogP contribution is 2.38. The van der Waals surface area contributed by atoms with E-state index in [0.29, 0.717) is 18.0 Å². The molecule has 0 unspecified atom stereocenters. The number of carbonyl (C=O) groups is 3. The number of rotatable bonds is 8. The number of thioether (sulfide) groups is 1. The second-order valence-electron chi connectivity index (χ2n) is 6.71. The number of hydrogen-bond donors (Lipinski definition) is 1. The molecule has 0 spiro atoms. The first-order chi connectivity index (χ1) is 14.5. The van der Waals surface area contributed by atoms with Gasteiger partial charge in [0, 0.05) is 17.3 Å². The van der Waals surface area contributed by atoms with Gasteiger partial charge in [-0.3, -0.25) is 19.3 Å². The van der Waals surface area contributed by atoms with Gasteiger partial charge in [0.05, 0.1) is 19.1 Å². The first-order valence-electron chi connectivity index (χ1n) is 9.66. The van der Waals surface area contributed by atoms with E-state index in [-0.39, 0.29) is 17.4 Å². The van der Waals surface area contributed by atoms with Crippen molar-refractivity contribution in [1.82, 2.24) is 10.2 Å². The van der Waals surface area contributed by atoms with Gasteiger partial charge < -0.3 is 14.8 Å². The van der Waals surface area contributed by atoms with Crippen LogP contribution in [0.2, 0.25) is 0 Å². The van der Waals surface area contributed by atoms with E-state index in [4.69, 9.17) is 9.47 Å². The number of ether oxygens (including phenoxy) is 2. The van der Waals surface area contributed by atoms with Gasteiger partial charge in [0.15, 0.2) is 0 Å². The molecule has 0 radical (unpaired) electrons. The fraction of sp³-hybridized carbons (Fsp3) is 0.318. The minimum absolute atomic E-state index is 0.263. The number of carbonyl (C=O) groups excluding carboxylic acids is 3. The monoisotopic (exact) mass is 428 g/mol. The van der Waals surface area contributed by atoms with Crippen LogP contribution < -0.4 is 14.8 Å². The number of hydrogen-bond acceptors (Lipinski definition) is 6. The van der Waals surface area contributed by atoms with Crippen molar-refractivity contribution in [2.75, 3.05) is 27.3 Å². The molecule has 1 N–H and O–H groups in total. The Balaban J connectivity index is 1.91. The van der Waals surface area contributed by atoms with Crippen molar-refractivity contribution in [2.45, 2.75) is 19.8 Å². The predicted molar refractivity (Wildman–Crippen MR) is 118 cm³/mol. The van der Waals surface area contributed by atoms with Crippen molar-refractivity contribution in [3.05, 3.63) is 40.8 Å². The van der Waals surface area contributed by atoms with Crippen molar-refractivity contribution < 1.29 is 23.9 Å². The average Bonchev–Trinajstić information content (AvgIpc) is 3.01. The molecule has 0 bridgehead atoms. The van der Waals surface area contributed by atoms with Crippen molar-refractivity contribution in [2.24, 2.45) is 0 Å². The summed E-state index contributed by atoms with van der Waals surface area (Å²) in [7, 11) is 3.16. The van der Waals surface area contributed by atoms with Crippen LogP contribution in [0.3, 0.4) is 0 Å². The number of benzene rings is 2. The van der Waals surface area contributed by atoms with Gasteiger partial charge in [0.1, 0.15) is 18.0 Å². The van der Waals surface area contributed by atoms with Crippen LogP contribution in [0.1, 0.15) is 25.3 Å². The predicted octanol–water partition coefficient (Wildman–Crippen LogP) is 3.81. The van der Waals surface area contributed by atoms with Gasteiger partial charge in [-0.25, -0.2) is 0 Å². The molecular weight excluding hydrogens is 404 g/mol. The molecule has 7 nitrogen and oxygen atoms in total. The first-order valence-corrected chi connectivity index (χ1v) is 10.5. The molecule has 2 aromatic carbocycles. The summed E-state index contributed by atoms with van der Waals surface area (Å²) >= 11 is 0.825. The molecule has 3 rings (SSSR count). The van der Waals surface area contributed by atoms with E-state index in [1.807, 2.05) is 31.2 Å². The van der Waals surface area contributed by atoms with Gasteiger partial charge >= 0.3 is 0 Å². The summed E-state index contributed by atoms with van der Waals surface area (Å²) in [4.78, 5) is 38.4. The van der Waals surface area contributed by atoms with Crippen molar-refractivity contribution in [1.29, 1.82) is 0 Å². The molecule has 2 aromatic rings. The maximum atomic E-state index is 12.8. The lowest BCUT2D eigenvalue weighted by molar-refractivity contribution is -0.129. The highest BCUT2D eigenvalue weighted by atomic mass is 32.2. The van der Waals surface area contributed by atoms with Gasteiger partial charge in [0.2, 0.25) is 5.91 Å². The smallest absolute Gasteiger partial charge is 0.294 e. The number of nitrogens with one attached hydrogen (secondary N) is 1. The minimum atomic E-state index is -0.477. The van der Waals surface area contributed by atoms with E-state index in [1.54, 1.807) is 26.4 Å². The van der Waals surface area contributed by atoms with Gasteiger partial charge in [-0.05, 0) is 42.0 Å². The summed E-state index contributed by atoms with van der Waals surface area (Å²) < 4.78 is 10.9. The van der Waals surface area contributed by atoms with Crippen LogP contribution in [-0.2, 0) is 9.59 Å². The van der Waals surface area contributed by atoms with Crippen LogP contribution in [0.25, 0.3) is 16.8 Å². The first kappa shape index (κ1) is 21.7. The molecule has 1 heterocycles. The van der Waals surface area contributed by atoms with Crippen LogP contribution in [0.4, 0.5) is 4.79 Å². The Hall–Kier alpha value is -3.00. The molecule has 1 aliphatic rings. The number of amides is 3. The Bertz CT molecular complexity index is 1020. The van der Waals surface area contributed by atoms with E-state index >= 15 is 0 Å². The van der Waals surface area contributed by atoms with Crippen molar-refractivity contribution >= 4 is 45.7 Å². The van der Waals surface area contributed by atoms with E-state index in [0.717, 1.165) is 45.8 Å². The molecule has 0 atom stereocenters. The molecular formula is C22H24N2O5S. The SMILES string of the molecule is CCCCNC(=O)CN1C(=O)S/C(=C\c2ccc(OC)c3cccc(OC)c23)C1=O. The van der Waals surface area contributed by atoms with Crippen LogP contribution in [0.15, 0.2) is 35.2 Å². The number of nitrogens with zero attached hydrogens (tertiary/aromatic N) is 1. The van der Waals surface area contributed by atoms with Gasteiger partial charge in [-0.1, -0.05) is 31.5 Å². The largest absolute Gasteiger partial charge is 0.496 e. The van der Waals surface area contributed by atoms with E-state index < -0.39 is 11.1 Å². The topological polar surface area (TPSA) is 84.9 Å². The summed E-state index contributed by atoms with van der Waals surface area (Å²) in [5.41, 5.74) is 0.723. The number of unbranched alkanes of at least 4 members (excludes halogenated alkanes) is 1. The van der Waals surface area contributed by atoms with Gasteiger partial charge in [-0.15, -0.1) is 0 Å². The second kappa shape index (κ2) is 9.67. The maximum Gasteiger partial charge on any atom is 0.294 e. The van der Waals surface area contributed by atoms with Crippen LogP contribution >= 0.6 is 11.8 Å². The normalized spacial score (nSPS) is 15.2. The fourth-order valence-corrected chi connectivity index (χ4v) is 4.05. The number of methoxy groups -OCH3 is 2. The molecule has 30 heavy (non-hydrogen) atoms. The third-order valence-corrected chi connectivity index (χ3v) is 5.66. The van der Waals surface area contributed by atoms with Crippen LogP contribution in [-0.4, -0.2) is 49.3 Å². The van der Waals surface area contributed by atoms with Crippen LogP contribution in [0, 0.1) is 0 Å². The fourth-order valence-electron chi connectivity index (χ4n) is 3.22. The molecule has 158 valence electrons. The number of imide groups is 1. The molecule has 1 saturated heterocycles. The zero-order chi connectivity index (χ0) is 21.7. The lowest BCUT2D eigenvalue weighted by Crippen LogP contribution is -2.39. The third kappa shape index (κ3) is 4.43. The lowest BCUT2D eigenvalue weighted by Gasteiger charge is -2.13. The summed E-state index contributed by atoms with van der Waals surface area (Å²) in [6, 6.07) is 9.21. The zero-order valence-electron chi connectivity index (χ0n) is 17.2. The molecule has 0 saturated carbocycles. The molecule has 0 aromatic heterocycles. The summed E-state index contributed by atoms with van der Waals surface area (Å²) in [6.45, 7) is 2.27. The Morgan fingerprint density at radius 1 is 1.13 bits per heavy atom. The Morgan fingerprint density at radius 3 is 2.60 bits per heavy atom. The summed E-state index contributed by atoms with van der Waals surface area (Å²) in [5, 5.41) is 3.88. The average molecular weight is 429 g/mol. The lowest BCUT2D eigenvalue weighted by atomic mass is 10.0. The zero-order valence-corrected chi connectivity index (χ0v) is 18.0. The Kier molecular flexibility index (Phi) is 6.99. The quantitative estimate of drug-likeness (QED) is 0.508. The second-order valence-corrected chi connectivity index (χ2v) is 7.70. The summed E-state index contributed by atoms with van der Waals surface area (Å²) in [5.74, 6) is 0.489. The van der Waals surface area contributed by atoms with Crippen molar-refractivity contribution in [3.63, 3.8) is 0 Å². The minimum Gasteiger partial charge on any atom is -0.496 e. The van der Waals surface area contributed by atoms with Crippen LogP contribution in [0.5, 0.6) is 11.5 Å². The highest BCUT2D eigenvalue weighted by molar-refractivity contribution is 8.18. The van der Waals surface area contributed by atoms with E-state index in [9.17, 15) is 14.4 Å². The molecule has 0 aliphatic carbocycles. The van der Waals surface area contributed by atoms with E-state index in [2.05, 4.69) is 5.32 Å². The van der Waals surface area contributed by atoms with Crippen molar-refractivity contribution in [3.8, 4) is 11.5 Å². The maximum absolute atomic E-state index is 12.8. The molecule has 1 fully saturated rings. The molecule has 3 amide bonds.